The molecule has 1 aromatic carbocycles. The summed E-state index contributed by atoms with van der Waals surface area (Å²) in [4.78, 5) is 16.5. The van der Waals surface area contributed by atoms with Crippen LogP contribution in [0.1, 0.15) is 46.2 Å². The van der Waals surface area contributed by atoms with E-state index in [1.54, 1.807) is 12.5 Å². The van der Waals surface area contributed by atoms with Crippen LogP contribution in [0, 0.1) is 0 Å². The maximum absolute atomic E-state index is 11.3. The number of likely N-dealkylation sites (tertiary alicyclic amines) is 1. The van der Waals surface area contributed by atoms with Gasteiger partial charge in [0.25, 0.3) is 0 Å². The van der Waals surface area contributed by atoms with Crippen molar-refractivity contribution in [1.82, 2.24) is 10.2 Å². The molecule has 5 heteroatoms. The van der Waals surface area contributed by atoms with Gasteiger partial charge in [0, 0.05) is 29.8 Å². The molecule has 0 bridgehead atoms. The molecule has 1 fully saturated rings. The number of fused-ring (bicyclic) bond motifs is 2. The summed E-state index contributed by atoms with van der Waals surface area (Å²) >= 11 is 1.87. The Morgan fingerprint density at radius 1 is 1.11 bits per heavy atom. The molecule has 1 aromatic heterocycles. The first kappa shape index (κ1) is 20.1. The fraction of sp³-hybridized carbons (Fsp3) is 0.409. The zero-order chi connectivity index (χ0) is 18.1. The van der Waals surface area contributed by atoms with Gasteiger partial charge < -0.3 is 10.2 Å². The van der Waals surface area contributed by atoms with Gasteiger partial charge in [0.1, 0.15) is 0 Å². The number of hydrogen-bond acceptors (Lipinski definition) is 3. The van der Waals surface area contributed by atoms with E-state index >= 15 is 0 Å². The molecule has 0 atom stereocenters. The maximum Gasteiger partial charge on any atom is 0.217 e. The topological polar surface area (TPSA) is 32.3 Å². The highest BCUT2D eigenvalue weighted by Gasteiger charge is 2.25. The van der Waals surface area contributed by atoms with E-state index in [0.29, 0.717) is 6.54 Å². The zero-order valence-corrected chi connectivity index (χ0v) is 17.6. The zero-order valence-electron chi connectivity index (χ0n) is 16.0. The molecule has 1 saturated heterocycles. The van der Waals surface area contributed by atoms with E-state index in [9.17, 15) is 4.79 Å². The monoisotopic (exact) mass is 402 g/mol. The Labute approximate surface area is 171 Å². The van der Waals surface area contributed by atoms with Crippen LogP contribution < -0.4 is 5.32 Å². The highest BCUT2D eigenvalue weighted by Crippen LogP contribution is 2.41. The summed E-state index contributed by atoms with van der Waals surface area (Å²) in [6, 6.07) is 11.3. The number of nitrogens with zero attached hydrogens (tertiary/aromatic N) is 1. The summed E-state index contributed by atoms with van der Waals surface area (Å²) in [6.45, 7) is 4.50. The predicted octanol–water partition coefficient (Wildman–Crippen LogP) is 4.43. The summed E-state index contributed by atoms with van der Waals surface area (Å²) < 4.78 is 0. The molecule has 0 spiro atoms. The molecule has 0 saturated carbocycles. The SMILES string of the molecule is CC(=O)NCc1cc2c(s1)CCc1ccccc1C2=C1CCN(C)CC1.Cl. The minimum Gasteiger partial charge on any atom is -0.351 e. The van der Waals surface area contributed by atoms with E-state index in [4.69, 9.17) is 0 Å². The van der Waals surface area contributed by atoms with Crippen molar-refractivity contribution >= 4 is 35.2 Å². The molecule has 27 heavy (non-hydrogen) atoms. The van der Waals surface area contributed by atoms with Crippen molar-refractivity contribution < 1.29 is 4.79 Å². The molecule has 0 unspecified atom stereocenters. The highest BCUT2D eigenvalue weighted by atomic mass is 35.5. The summed E-state index contributed by atoms with van der Waals surface area (Å²) in [7, 11) is 2.21. The van der Waals surface area contributed by atoms with Crippen molar-refractivity contribution in [3.8, 4) is 0 Å². The summed E-state index contributed by atoms with van der Waals surface area (Å²) in [6.07, 6.45) is 4.49. The van der Waals surface area contributed by atoms with E-state index in [1.807, 2.05) is 11.3 Å². The van der Waals surface area contributed by atoms with Crippen molar-refractivity contribution in [3.05, 3.63) is 62.3 Å². The lowest BCUT2D eigenvalue weighted by Gasteiger charge is -2.27. The normalized spacial score (nSPS) is 16.8. The molecule has 4 rings (SSSR count). The van der Waals surface area contributed by atoms with Crippen LogP contribution in [0.15, 0.2) is 35.9 Å². The second-order valence-corrected chi connectivity index (χ2v) is 8.62. The lowest BCUT2D eigenvalue weighted by Crippen LogP contribution is -2.27. The molecule has 1 N–H and O–H groups in total. The Hall–Kier alpha value is -1.62. The molecule has 1 aliphatic heterocycles. The quantitative estimate of drug-likeness (QED) is 0.805. The van der Waals surface area contributed by atoms with E-state index in [0.717, 1.165) is 38.8 Å². The molecule has 2 aromatic rings. The number of carbonyl (C=O) groups is 1. The van der Waals surface area contributed by atoms with Crippen LogP contribution in [0.2, 0.25) is 0 Å². The van der Waals surface area contributed by atoms with Crippen molar-refractivity contribution in [2.45, 2.75) is 39.2 Å². The summed E-state index contributed by atoms with van der Waals surface area (Å²) in [5.74, 6) is 0.0350. The number of thiophene rings is 1. The van der Waals surface area contributed by atoms with Crippen molar-refractivity contribution in [2.24, 2.45) is 0 Å². The van der Waals surface area contributed by atoms with Gasteiger partial charge in [-0.1, -0.05) is 29.8 Å². The third kappa shape index (κ3) is 4.29. The van der Waals surface area contributed by atoms with Gasteiger partial charge in [0.05, 0.1) is 6.54 Å². The summed E-state index contributed by atoms with van der Waals surface area (Å²) in [5.41, 5.74) is 7.39. The largest absolute Gasteiger partial charge is 0.351 e. The molecule has 2 heterocycles. The third-order valence-electron chi connectivity index (χ3n) is 5.49. The van der Waals surface area contributed by atoms with Gasteiger partial charge in [-0.25, -0.2) is 0 Å². The molecule has 0 radical (unpaired) electrons. The van der Waals surface area contributed by atoms with Crippen molar-refractivity contribution in [1.29, 1.82) is 0 Å². The molecular weight excluding hydrogens is 376 g/mol. The first-order chi connectivity index (χ1) is 12.6. The fourth-order valence-electron chi connectivity index (χ4n) is 4.07. The number of nitrogens with one attached hydrogen (secondary N) is 1. The average molecular weight is 403 g/mol. The fourth-order valence-corrected chi connectivity index (χ4v) is 5.19. The molecular formula is C22H27ClN2OS. The highest BCUT2D eigenvalue weighted by molar-refractivity contribution is 7.12. The Morgan fingerprint density at radius 3 is 2.59 bits per heavy atom. The van der Waals surface area contributed by atoms with Crippen LogP contribution in [0.3, 0.4) is 0 Å². The lowest BCUT2D eigenvalue weighted by atomic mass is 9.87. The Balaban J connectivity index is 0.00000210. The molecule has 3 nitrogen and oxygen atoms in total. The number of rotatable bonds is 2. The van der Waals surface area contributed by atoms with Gasteiger partial charge in [0.15, 0.2) is 0 Å². The van der Waals surface area contributed by atoms with Crippen LogP contribution in [0.4, 0.5) is 0 Å². The second-order valence-electron chi connectivity index (χ2n) is 7.40. The van der Waals surface area contributed by atoms with E-state index in [2.05, 4.69) is 47.6 Å². The first-order valence-corrected chi connectivity index (χ1v) is 10.3. The maximum atomic E-state index is 11.3. The van der Waals surface area contributed by atoms with Gasteiger partial charge in [0.2, 0.25) is 5.91 Å². The van der Waals surface area contributed by atoms with Gasteiger partial charge in [-0.3, -0.25) is 4.79 Å². The van der Waals surface area contributed by atoms with Gasteiger partial charge >= 0.3 is 0 Å². The standard InChI is InChI=1S/C22H26N2OS.ClH/c1-15(25)23-14-18-13-20-21(26-18)8-7-16-5-3-4-6-19(16)22(20)17-9-11-24(2)12-10-17;/h3-6,13H,7-12,14H2,1-2H3,(H,23,25);1H. The number of amides is 1. The minimum atomic E-state index is 0. The van der Waals surface area contributed by atoms with Crippen LogP contribution >= 0.6 is 23.7 Å². The van der Waals surface area contributed by atoms with E-state index in [1.165, 1.54) is 32.0 Å². The van der Waals surface area contributed by atoms with Gasteiger partial charge in [-0.2, -0.15) is 0 Å². The van der Waals surface area contributed by atoms with Crippen LogP contribution in [0.5, 0.6) is 0 Å². The predicted molar refractivity (Wildman–Crippen MR) is 116 cm³/mol. The van der Waals surface area contributed by atoms with E-state index < -0.39 is 0 Å². The van der Waals surface area contributed by atoms with Crippen molar-refractivity contribution in [2.75, 3.05) is 20.1 Å². The number of halogens is 1. The average Bonchev–Trinajstić information content (AvgIpc) is 2.97. The first-order valence-electron chi connectivity index (χ1n) is 9.47. The second kappa shape index (κ2) is 8.59. The van der Waals surface area contributed by atoms with Crippen LogP contribution in [0.25, 0.3) is 5.57 Å². The molecule has 1 aliphatic carbocycles. The van der Waals surface area contributed by atoms with Gasteiger partial charge in [-0.05, 0) is 61.1 Å². The number of piperidine rings is 1. The Morgan fingerprint density at radius 2 is 1.85 bits per heavy atom. The smallest absolute Gasteiger partial charge is 0.217 e. The summed E-state index contributed by atoms with van der Waals surface area (Å²) in [5, 5.41) is 2.95. The third-order valence-corrected chi connectivity index (χ3v) is 6.69. The van der Waals surface area contributed by atoms with E-state index in [-0.39, 0.29) is 18.3 Å². The molecule has 2 aliphatic rings. The number of carbonyl (C=O) groups excluding carboxylic acids is 1. The van der Waals surface area contributed by atoms with Crippen LogP contribution in [-0.2, 0) is 24.2 Å². The minimum absolute atomic E-state index is 0. The number of aryl methyl sites for hydroxylation is 2. The van der Waals surface area contributed by atoms with Crippen LogP contribution in [-0.4, -0.2) is 30.9 Å². The lowest BCUT2D eigenvalue weighted by molar-refractivity contribution is -0.119. The Bertz CT molecular complexity index is 861. The number of benzene rings is 1. The van der Waals surface area contributed by atoms with Crippen molar-refractivity contribution in [3.63, 3.8) is 0 Å². The number of hydrogen-bond donors (Lipinski definition) is 1. The Kier molecular flexibility index (Phi) is 6.40. The molecule has 144 valence electrons. The van der Waals surface area contributed by atoms with Gasteiger partial charge in [-0.15, -0.1) is 23.7 Å². The molecule has 1 amide bonds.